The maximum atomic E-state index is 13.8. The molecule has 1 aliphatic rings. The Labute approximate surface area is 181 Å². The molecule has 1 aromatic carbocycles. The van der Waals surface area contributed by atoms with Gasteiger partial charge in [0.1, 0.15) is 29.8 Å². The third-order valence-corrected chi connectivity index (χ3v) is 4.70. The Balaban J connectivity index is 1.33. The van der Waals surface area contributed by atoms with Gasteiger partial charge in [-0.25, -0.2) is 18.2 Å². The molecule has 0 saturated carbocycles. The lowest BCUT2D eigenvalue weighted by Gasteiger charge is -2.10. The van der Waals surface area contributed by atoms with Crippen LogP contribution in [0.15, 0.2) is 36.8 Å². The molecule has 0 spiro atoms. The van der Waals surface area contributed by atoms with Gasteiger partial charge < -0.3 is 20.7 Å². The minimum atomic E-state index is -0.987. The lowest BCUT2D eigenvalue weighted by molar-refractivity contribution is -0.122. The molecule has 168 valence electrons. The van der Waals surface area contributed by atoms with Crippen LogP contribution in [0.3, 0.4) is 0 Å². The van der Waals surface area contributed by atoms with Gasteiger partial charge in [0.2, 0.25) is 11.9 Å². The van der Waals surface area contributed by atoms with Gasteiger partial charge in [-0.2, -0.15) is 10.1 Å². The van der Waals surface area contributed by atoms with Gasteiger partial charge in [-0.15, -0.1) is 0 Å². The Morgan fingerprint density at radius 1 is 1.25 bits per heavy atom. The summed E-state index contributed by atoms with van der Waals surface area (Å²) in [6.07, 6.45) is 5.38. The number of ether oxygens (including phenoxy) is 1. The molecule has 0 unspecified atom stereocenters. The lowest BCUT2D eigenvalue weighted by atomic mass is 10.2. The standard InChI is InChI=1S/C20H20F3N7O2/c21-12-5-16(22)15(17(23)6-12)8-25-18-1-3-24-20(29-18)28-14-7-26-30(9-14)10-19(31)27-13-2-4-32-11-13/h1,3,5-7,9,13H,2,4,8,10-11H2,(H,27,31)(H2,24,25,28,29)/t13-/m0/s1. The van der Waals surface area contributed by atoms with Crippen molar-refractivity contribution in [3.05, 3.63) is 59.8 Å². The number of carbonyl (C=O) groups excluding carboxylic acids is 1. The zero-order valence-corrected chi connectivity index (χ0v) is 16.8. The molecule has 1 aliphatic heterocycles. The summed E-state index contributed by atoms with van der Waals surface area (Å²) in [5, 5.41) is 12.7. The molecule has 1 fully saturated rings. The van der Waals surface area contributed by atoms with E-state index in [9.17, 15) is 18.0 Å². The minimum absolute atomic E-state index is 0.0242. The molecule has 3 heterocycles. The number of hydrogen-bond acceptors (Lipinski definition) is 7. The Kier molecular flexibility index (Phi) is 6.50. The van der Waals surface area contributed by atoms with E-state index in [1.165, 1.54) is 23.1 Å². The second kappa shape index (κ2) is 9.64. The topological polar surface area (TPSA) is 106 Å². The normalized spacial score (nSPS) is 15.5. The summed E-state index contributed by atoms with van der Waals surface area (Å²) < 4.78 is 47.3. The molecular weight excluding hydrogens is 427 g/mol. The molecule has 3 N–H and O–H groups in total. The molecule has 32 heavy (non-hydrogen) atoms. The van der Waals surface area contributed by atoms with Crippen LogP contribution in [0.2, 0.25) is 0 Å². The summed E-state index contributed by atoms with van der Waals surface area (Å²) in [5.74, 6) is -2.61. The van der Waals surface area contributed by atoms with E-state index in [2.05, 4.69) is 31.0 Å². The Hall–Kier alpha value is -3.67. The highest BCUT2D eigenvalue weighted by Gasteiger charge is 2.18. The smallest absolute Gasteiger partial charge is 0.242 e. The van der Waals surface area contributed by atoms with Crippen molar-refractivity contribution in [3.63, 3.8) is 0 Å². The fraction of sp³-hybridized carbons (Fsp3) is 0.300. The summed E-state index contributed by atoms with van der Waals surface area (Å²) >= 11 is 0. The highest BCUT2D eigenvalue weighted by molar-refractivity contribution is 5.76. The monoisotopic (exact) mass is 447 g/mol. The van der Waals surface area contributed by atoms with Gasteiger partial charge in [0, 0.05) is 43.2 Å². The molecule has 12 heteroatoms. The molecule has 1 saturated heterocycles. The van der Waals surface area contributed by atoms with Crippen LogP contribution >= 0.6 is 0 Å². The van der Waals surface area contributed by atoms with Crippen molar-refractivity contribution >= 4 is 23.4 Å². The second-order valence-electron chi connectivity index (χ2n) is 7.15. The molecule has 0 bridgehead atoms. The first-order valence-electron chi connectivity index (χ1n) is 9.83. The summed E-state index contributed by atoms with van der Waals surface area (Å²) in [5.41, 5.74) is 0.248. The van der Waals surface area contributed by atoms with Crippen molar-refractivity contribution in [2.24, 2.45) is 0 Å². The van der Waals surface area contributed by atoms with Crippen LogP contribution in [0.5, 0.6) is 0 Å². The first kappa shape index (κ1) is 21.6. The highest BCUT2D eigenvalue weighted by atomic mass is 19.1. The zero-order valence-electron chi connectivity index (χ0n) is 16.8. The number of anilines is 3. The number of aromatic nitrogens is 4. The van der Waals surface area contributed by atoms with Crippen LogP contribution in [0.25, 0.3) is 0 Å². The van der Waals surface area contributed by atoms with E-state index >= 15 is 0 Å². The summed E-state index contributed by atoms with van der Waals surface area (Å²) in [7, 11) is 0. The van der Waals surface area contributed by atoms with E-state index in [-0.39, 0.29) is 36.6 Å². The van der Waals surface area contributed by atoms with Gasteiger partial charge in [-0.05, 0) is 12.5 Å². The van der Waals surface area contributed by atoms with Gasteiger partial charge in [-0.1, -0.05) is 0 Å². The van der Waals surface area contributed by atoms with Gasteiger partial charge >= 0.3 is 0 Å². The number of hydrogen-bond donors (Lipinski definition) is 3. The fourth-order valence-electron chi connectivity index (χ4n) is 3.15. The highest BCUT2D eigenvalue weighted by Crippen LogP contribution is 2.18. The molecule has 1 atom stereocenters. The first-order valence-corrected chi connectivity index (χ1v) is 9.83. The van der Waals surface area contributed by atoms with Crippen LogP contribution in [0.1, 0.15) is 12.0 Å². The van der Waals surface area contributed by atoms with E-state index in [0.717, 1.165) is 6.42 Å². The Morgan fingerprint density at radius 2 is 2.06 bits per heavy atom. The van der Waals surface area contributed by atoms with E-state index in [0.29, 0.717) is 36.9 Å². The van der Waals surface area contributed by atoms with Crippen molar-refractivity contribution < 1.29 is 22.7 Å². The molecule has 0 aliphatic carbocycles. The molecular formula is C20H20F3N7O2. The number of halogens is 3. The number of nitrogens with one attached hydrogen (secondary N) is 3. The average Bonchev–Trinajstić information content (AvgIpc) is 3.39. The lowest BCUT2D eigenvalue weighted by Crippen LogP contribution is -2.37. The molecule has 0 radical (unpaired) electrons. The van der Waals surface area contributed by atoms with Gasteiger partial charge in [0.15, 0.2) is 0 Å². The fourth-order valence-corrected chi connectivity index (χ4v) is 3.15. The quantitative estimate of drug-likeness (QED) is 0.487. The van der Waals surface area contributed by atoms with Gasteiger partial charge in [-0.3, -0.25) is 9.48 Å². The largest absolute Gasteiger partial charge is 0.379 e. The SMILES string of the molecule is O=C(Cn1cc(Nc2nccc(NCc3c(F)cc(F)cc3F)n2)cn1)N[C@H]1CCOC1. The predicted molar refractivity (Wildman–Crippen MR) is 109 cm³/mol. The second-order valence-corrected chi connectivity index (χ2v) is 7.15. The molecule has 2 aromatic heterocycles. The number of nitrogens with zero attached hydrogens (tertiary/aromatic N) is 4. The van der Waals surface area contributed by atoms with Crippen molar-refractivity contribution in [2.75, 3.05) is 23.8 Å². The van der Waals surface area contributed by atoms with E-state index in [1.54, 1.807) is 6.20 Å². The summed E-state index contributed by atoms with van der Waals surface area (Å²) in [6, 6.07) is 2.78. The van der Waals surface area contributed by atoms with Crippen LogP contribution < -0.4 is 16.0 Å². The number of carbonyl (C=O) groups is 1. The Morgan fingerprint density at radius 3 is 2.81 bits per heavy atom. The summed E-state index contributed by atoms with van der Waals surface area (Å²) in [4.78, 5) is 20.4. The van der Waals surface area contributed by atoms with Crippen LogP contribution in [-0.4, -0.2) is 44.9 Å². The van der Waals surface area contributed by atoms with Crippen molar-refractivity contribution in [2.45, 2.75) is 25.6 Å². The van der Waals surface area contributed by atoms with Gasteiger partial charge in [0.05, 0.1) is 24.5 Å². The van der Waals surface area contributed by atoms with Crippen molar-refractivity contribution in [3.8, 4) is 0 Å². The van der Waals surface area contributed by atoms with E-state index < -0.39 is 17.5 Å². The maximum Gasteiger partial charge on any atom is 0.242 e. The molecule has 1 amide bonds. The van der Waals surface area contributed by atoms with Crippen molar-refractivity contribution in [1.29, 1.82) is 0 Å². The van der Waals surface area contributed by atoms with Crippen molar-refractivity contribution in [1.82, 2.24) is 25.1 Å². The Bertz CT molecular complexity index is 1080. The number of rotatable bonds is 8. The molecule has 3 aromatic rings. The third-order valence-electron chi connectivity index (χ3n) is 4.70. The van der Waals surface area contributed by atoms with Crippen LogP contribution in [-0.2, 0) is 22.6 Å². The number of amides is 1. The van der Waals surface area contributed by atoms with Gasteiger partial charge in [0.25, 0.3) is 0 Å². The maximum absolute atomic E-state index is 13.8. The molecule has 9 nitrogen and oxygen atoms in total. The first-order chi connectivity index (χ1) is 15.5. The van der Waals surface area contributed by atoms with E-state index in [1.807, 2.05) is 0 Å². The van der Waals surface area contributed by atoms with Crippen LogP contribution in [0.4, 0.5) is 30.6 Å². The zero-order chi connectivity index (χ0) is 22.5. The third kappa shape index (κ3) is 5.52. The van der Waals surface area contributed by atoms with Crippen LogP contribution in [0, 0.1) is 17.5 Å². The summed E-state index contributed by atoms with van der Waals surface area (Å²) in [6.45, 7) is 0.977. The number of benzene rings is 1. The van der Waals surface area contributed by atoms with E-state index in [4.69, 9.17) is 4.74 Å². The minimum Gasteiger partial charge on any atom is -0.379 e. The predicted octanol–water partition coefficient (Wildman–Crippen LogP) is 2.35. The average molecular weight is 447 g/mol. The molecule has 4 rings (SSSR count).